The molecule has 1 heterocycles. The number of carbonyl (C=O) groups is 1. The molecule has 0 spiro atoms. The van der Waals surface area contributed by atoms with Crippen molar-refractivity contribution in [3.05, 3.63) is 23.8 Å². The van der Waals surface area contributed by atoms with Gasteiger partial charge in [0.15, 0.2) is 0 Å². The van der Waals surface area contributed by atoms with Gasteiger partial charge in [-0.05, 0) is 30.0 Å². The van der Waals surface area contributed by atoms with Crippen molar-refractivity contribution in [1.82, 2.24) is 0 Å². The summed E-state index contributed by atoms with van der Waals surface area (Å²) in [6, 6.07) is 6.37. The third kappa shape index (κ3) is 3.00. The van der Waals surface area contributed by atoms with E-state index < -0.39 is 5.97 Å². The van der Waals surface area contributed by atoms with E-state index >= 15 is 0 Å². The minimum absolute atomic E-state index is 0.0713. The third-order valence-electron chi connectivity index (χ3n) is 3.67. The van der Waals surface area contributed by atoms with Gasteiger partial charge in [-0.1, -0.05) is 19.9 Å². The number of carboxylic acid groups (broad SMARTS) is 1. The second-order valence-electron chi connectivity index (χ2n) is 5.49. The van der Waals surface area contributed by atoms with Gasteiger partial charge in [-0.15, -0.1) is 0 Å². The maximum Gasteiger partial charge on any atom is 0.323 e. The van der Waals surface area contributed by atoms with E-state index in [9.17, 15) is 4.79 Å². The molecule has 0 unspecified atom stereocenters. The quantitative estimate of drug-likeness (QED) is 0.909. The van der Waals surface area contributed by atoms with Gasteiger partial charge in [0.1, 0.15) is 6.54 Å². The van der Waals surface area contributed by atoms with E-state index in [2.05, 4.69) is 44.0 Å². The zero-order valence-corrected chi connectivity index (χ0v) is 11.9. The van der Waals surface area contributed by atoms with Crippen LogP contribution in [0.5, 0.6) is 0 Å². The van der Waals surface area contributed by atoms with Crippen molar-refractivity contribution in [1.29, 1.82) is 0 Å². The highest BCUT2D eigenvalue weighted by Gasteiger charge is 2.20. The summed E-state index contributed by atoms with van der Waals surface area (Å²) in [6.45, 7) is 6.18. The van der Waals surface area contributed by atoms with Crippen LogP contribution in [0.3, 0.4) is 0 Å². The first-order chi connectivity index (χ1) is 8.99. The summed E-state index contributed by atoms with van der Waals surface area (Å²) in [5.74, 6) is -0.293. The van der Waals surface area contributed by atoms with Crippen molar-refractivity contribution in [2.45, 2.75) is 26.2 Å². The number of benzene rings is 1. The van der Waals surface area contributed by atoms with E-state index in [1.165, 1.54) is 5.56 Å². The molecule has 0 bridgehead atoms. The molecular weight excluding hydrogens is 240 g/mol. The summed E-state index contributed by atoms with van der Waals surface area (Å²) < 4.78 is 0. The number of carboxylic acids is 1. The fraction of sp³-hybridized carbons (Fsp3) is 0.533. The number of anilines is 2. The van der Waals surface area contributed by atoms with Gasteiger partial charge in [0.2, 0.25) is 0 Å². The van der Waals surface area contributed by atoms with Crippen LogP contribution in [0, 0.1) is 0 Å². The van der Waals surface area contributed by atoms with Crippen LogP contribution in [0.2, 0.25) is 0 Å². The van der Waals surface area contributed by atoms with Gasteiger partial charge in [0, 0.05) is 20.1 Å². The molecule has 0 aliphatic carbocycles. The van der Waals surface area contributed by atoms with Crippen LogP contribution in [0.1, 0.15) is 31.7 Å². The van der Waals surface area contributed by atoms with Gasteiger partial charge in [-0.2, -0.15) is 0 Å². The zero-order valence-electron chi connectivity index (χ0n) is 11.9. The fourth-order valence-corrected chi connectivity index (χ4v) is 2.54. The summed E-state index contributed by atoms with van der Waals surface area (Å²) in [7, 11) is 2.08. The average molecular weight is 262 g/mol. The predicted molar refractivity (Wildman–Crippen MR) is 78.3 cm³/mol. The molecule has 0 radical (unpaired) electrons. The van der Waals surface area contributed by atoms with Crippen LogP contribution >= 0.6 is 0 Å². The van der Waals surface area contributed by atoms with Gasteiger partial charge in [0.05, 0.1) is 11.4 Å². The van der Waals surface area contributed by atoms with Gasteiger partial charge in [-0.25, -0.2) is 0 Å². The molecule has 4 nitrogen and oxygen atoms in total. The molecule has 0 aromatic heterocycles. The number of aliphatic carboxylic acids is 1. The third-order valence-corrected chi connectivity index (χ3v) is 3.67. The Morgan fingerprint density at radius 3 is 2.68 bits per heavy atom. The van der Waals surface area contributed by atoms with Crippen LogP contribution in [0.15, 0.2) is 18.2 Å². The monoisotopic (exact) mass is 262 g/mol. The normalized spacial score (nSPS) is 15.4. The highest BCUT2D eigenvalue weighted by molar-refractivity contribution is 5.79. The van der Waals surface area contributed by atoms with E-state index in [-0.39, 0.29) is 6.54 Å². The van der Waals surface area contributed by atoms with E-state index in [4.69, 9.17) is 5.11 Å². The topological polar surface area (TPSA) is 43.8 Å². The van der Waals surface area contributed by atoms with Crippen LogP contribution < -0.4 is 9.80 Å². The molecule has 2 rings (SSSR count). The number of fused-ring (bicyclic) bond motifs is 1. The lowest BCUT2D eigenvalue weighted by molar-refractivity contribution is -0.135. The van der Waals surface area contributed by atoms with Crippen LogP contribution in [-0.4, -0.2) is 37.8 Å². The summed E-state index contributed by atoms with van der Waals surface area (Å²) >= 11 is 0. The van der Waals surface area contributed by atoms with Crippen LogP contribution in [0.4, 0.5) is 11.4 Å². The summed E-state index contributed by atoms with van der Waals surface area (Å²) in [4.78, 5) is 15.2. The molecule has 4 heteroatoms. The Bertz CT molecular complexity index is 471. The van der Waals surface area contributed by atoms with Crippen LogP contribution in [0.25, 0.3) is 0 Å². The van der Waals surface area contributed by atoms with Crippen molar-refractivity contribution in [2.24, 2.45) is 0 Å². The minimum Gasteiger partial charge on any atom is -0.480 e. The van der Waals surface area contributed by atoms with Crippen molar-refractivity contribution in [3.63, 3.8) is 0 Å². The van der Waals surface area contributed by atoms with E-state index in [0.717, 1.165) is 30.9 Å². The van der Waals surface area contributed by atoms with Gasteiger partial charge in [-0.3, -0.25) is 4.79 Å². The van der Waals surface area contributed by atoms with Gasteiger partial charge >= 0.3 is 5.97 Å². The SMILES string of the molecule is CC(C)c1ccc2c(c1)N(C)CCCN2CC(=O)O. The standard InChI is InChI=1S/C15H22N2O2/c1-11(2)12-5-6-13-14(9-12)16(3)7-4-8-17(13)10-15(18)19/h5-6,9,11H,4,7-8,10H2,1-3H3,(H,18,19). The number of nitrogens with zero attached hydrogens (tertiary/aromatic N) is 2. The first kappa shape index (κ1) is 13.7. The van der Waals surface area contributed by atoms with Gasteiger partial charge < -0.3 is 14.9 Å². The Hall–Kier alpha value is -1.71. The Morgan fingerprint density at radius 2 is 2.05 bits per heavy atom. The maximum atomic E-state index is 11.0. The molecule has 1 N–H and O–H groups in total. The Morgan fingerprint density at radius 1 is 1.32 bits per heavy atom. The number of hydrogen-bond acceptors (Lipinski definition) is 3. The number of rotatable bonds is 3. The summed E-state index contributed by atoms with van der Waals surface area (Å²) in [5, 5.41) is 9.04. The minimum atomic E-state index is -0.775. The first-order valence-electron chi connectivity index (χ1n) is 6.81. The molecule has 1 aromatic rings. The first-order valence-corrected chi connectivity index (χ1v) is 6.81. The van der Waals surface area contributed by atoms with Crippen molar-refractivity contribution < 1.29 is 9.90 Å². The molecule has 104 valence electrons. The molecule has 1 aliphatic rings. The average Bonchev–Trinajstić information content (AvgIpc) is 2.49. The Balaban J connectivity index is 2.41. The predicted octanol–water partition coefficient (Wildman–Crippen LogP) is 2.54. The van der Waals surface area contributed by atoms with Crippen molar-refractivity contribution in [2.75, 3.05) is 36.5 Å². The second-order valence-corrected chi connectivity index (χ2v) is 5.49. The molecule has 0 saturated heterocycles. The highest BCUT2D eigenvalue weighted by Crippen LogP contribution is 2.34. The largest absolute Gasteiger partial charge is 0.480 e. The Kier molecular flexibility index (Phi) is 3.98. The molecule has 0 atom stereocenters. The summed E-state index contributed by atoms with van der Waals surface area (Å²) in [6.07, 6.45) is 0.982. The molecule has 1 aromatic carbocycles. The molecular formula is C15H22N2O2. The molecule has 0 amide bonds. The van der Waals surface area contributed by atoms with Gasteiger partial charge in [0.25, 0.3) is 0 Å². The zero-order chi connectivity index (χ0) is 14.0. The lowest BCUT2D eigenvalue weighted by Gasteiger charge is -2.25. The Labute approximate surface area is 114 Å². The molecule has 19 heavy (non-hydrogen) atoms. The van der Waals surface area contributed by atoms with Crippen molar-refractivity contribution in [3.8, 4) is 0 Å². The molecule has 0 fully saturated rings. The van der Waals surface area contributed by atoms with Crippen LogP contribution in [-0.2, 0) is 4.79 Å². The fourth-order valence-electron chi connectivity index (χ4n) is 2.54. The maximum absolute atomic E-state index is 11.0. The molecule has 0 saturated carbocycles. The number of hydrogen-bond donors (Lipinski definition) is 1. The lowest BCUT2D eigenvalue weighted by Crippen LogP contribution is -2.30. The lowest BCUT2D eigenvalue weighted by atomic mass is 10.0. The second kappa shape index (κ2) is 5.51. The van der Waals surface area contributed by atoms with E-state index in [0.29, 0.717) is 5.92 Å². The highest BCUT2D eigenvalue weighted by atomic mass is 16.4. The van der Waals surface area contributed by atoms with E-state index in [1.54, 1.807) is 0 Å². The molecule has 1 aliphatic heterocycles. The van der Waals surface area contributed by atoms with Crippen molar-refractivity contribution >= 4 is 17.3 Å². The summed E-state index contributed by atoms with van der Waals surface area (Å²) in [5.41, 5.74) is 3.47. The smallest absolute Gasteiger partial charge is 0.323 e. The van der Waals surface area contributed by atoms with E-state index in [1.807, 2.05) is 4.90 Å².